The summed E-state index contributed by atoms with van der Waals surface area (Å²) in [6.45, 7) is 7.01. The van der Waals surface area contributed by atoms with Crippen molar-refractivity contribution in [3.8, 4) is 0 Å². The predicted octanol–water partition coefficient (Wildman–Crippen LogP) is 23.1. The number of rotatable bonds is 66. The van der Waals surface area contributed by atoms with Crippen molar-refractivity contribution < 1.29 is 37.3 Å². The Morgan fingerprint density at radius 3 is 1.11 bits per heavy atom. The Kier molecular flexibility index (Phi) is 62.5. The number of nitrogens with one attached hydrogen (secondary N) is 1. The molecule has 3 atom stereocenters. The molecule has 0 bridgehead atoms. The minimum absolute atomic E-state index is 0.0388. The van der Waals surface area contributed by atoms with Gasteiger partial charge in [0.15, 0.2) is 0 Å². The molecule has 496 valence electrons. The highest BCUT2D eigenvalue weighted by Crippen LogP contribution is 2.43. The summed E-state index contributed by atoms with van der Waals surface area (Å²) in [7, 11) is 1.50. The van der Waals surface area contributed by atoms with Crippen molar-refractivity contribution in [3.63, 3.8) is 0 Å². The van der Waals surface area contributed by atoms with E-state index in [1.54, 1.807) is 0 Å². The molecule has 0 aromatic heterocycles. The molecule has 0 saturated heterocycles. The van der Waals surface area contributed by atoms with Crippen LogP contribution in [0.3, 0.4) is 0 Å². The van der Waals surface area contributed by atoms with Gasteiger partial charge in [-0.05, 0) is 102 Å². The van der Waals surface area contributed by atoms with Crippen molar-refractivity contribution in [2.24, 2.45) is 0 Å². The molecule has 0 heterocycles. The van der Waals surface area contributed by atoms with Gasteiger partial charge in [0.05, 0.1) is 33.8 Å². The number of esters is 1. The van der Waals surface area contributed by atoms with Crippen LogP contribution in [-0.4, -0.2) is 74.3 Å². The number of hydrogen-bond acceptors (Lipinski definition) is 6. The molecule has 0 aromatic carbocycles. The lowest BCUT2D eigenvalue weighted by atomic mass is 10.0. The van der Waals surface area contributed by atoms with E-state index in [2.05, 4.69) is 86.8 Å². The predicted molar refractivity (Wildman–Crippen MR) is 369 cm³/mol. The Balaban J connectivity index is 5.00. The number of nitrogens with zero attached hydrogens (tertiary/aromatic N) is 1. The number of unbranched alkanes of at least 4 members (excludes halogenated alkanes) is 40. The van der Waals surface area contributed by atoms with Crippen LogP contribution in [-0.2, 0) is 27.9 Å². The number of likely N-dealkylation sites (N-methyl/N-ethyl adjacent to an activating group) is 1. The fourth-order valence-corrected chi connectivity index (χ4v) is 11.2. The molecule has 0 aliphatic heterocycles. The van der Waals surface area contributed by atoms with Gasteiger partial charge in [-0.15, -0.1) is 0 Å². The van der Waals surface area contributed by atoms with E-state index in [1.807, 2.05) is 33.3 Å². The Bertz CT molecular complexity index is 1680. The standard InChI is InChI=1S/C75H139N2O7P/c1-7-10-13-16-19-22-25-27-29-31-33-35-36-37-38-39-40-42-44-46-48-50-53-56-59-62-65-68-75(79)84-73(66-63-60-57-54-51-24-21-18-15-12-9-3)72(71-83-85(80,81)82-70-69-77(4,5)6)76-74(78)67-64-61-58-55-52-49-47-45-43-41-34-32-30-28-26-23-20-17-14-11-8-2/h19,22,27-30,33,35,37-38,63,66,72-73H,7-18,20-21,23-26,31-32,34,36,39-62,64-65,67-71H2,1-6H3,(H-,76,78,80,81)/p+1/b22-19-,29-27-,30-28+,35-33-,38-37-,66-63-. The van der Waals surface area contributed by atoms with Crippen LogP contribution in [0.25, 0.3) is 0 Å². The van der Waals surface area contributed by atoms with Crippen molar-refractivity contribution in [2.45, 2.75) is 354 Å². The zero-order valence-electron chi connectivity index (χ0n) is 56.9. The molecule has 0 aliphatic carbocycles. The van der Waals surface area contributed by atoms with Gasteiger partial charge in [0.1, 0.15) is 19.3 Å². The van der Waals surface area contributed by atoms with Crippen molar-refractivity contribution in [2.75, 3.05) is 40.9 Å². The highest BCUT2D eigenvalue weighted by Gasteiger charge is 2.30. The van der Waals surface area contributed by atoms with E-state index < -0.39 is 20.0 Å². The molecule has 9 nitrogen and oxygen atoms in total. The molecule has 1 amide bonds. The first-order chi connectivity index (χ1) is 41.4. The van der Waals surface area contributed by atoms with Gasteiger partial charge in [0.25, 0.3) is 0 Å². The van der Waals surface area contributed by atoms with E-state index in [4.69, 9.17) is 13.8 Å². The van der Waals surface area contributed by atoms with Gasteiger partial charge in [-0.25, -0.2) is 4.57 Å². The van der Waals surface area contributed by atoms with E-state index in [-0.39, 0.29) is 31.5 Å². The molecule has 0 spiro atoms. The van der Waals surface area contributed by atoms with Gasteiger partial charge in [-0.3, -0.25) is 18.6 Å². The van der Waals surface area contributed by atoms with Gasteiger partial charge < -0.3 is 19.4 Å². The average molecular weight is 1210 g/mol. The van der Waals surface area contributed by atoms with E-state index >= 15 is 0 Å². The van der Waals surface area contributed by atoms with Crippen LogP contribution in [0, 0.1) is 0 Å². The van der Waals surface area contributed by atoms with Crippen LogP contribution >= 0.6 is 7.82 Å². The summed E-state index contributed by atoms with van der Waals surface area (Å²) in [5.41, 5.74) is 0. The molecular formula is C75H140N2O7P+. The van der Waals surface area contributed by atoms with E-state index in [1.165, 1.54) is 231 Å². The smallest absolute Gasteiger partial charge is 0.456 e. The molecule has 2 N–H and O–H groups in total. The molecule has 10 heteroatoms. The summed E-state index contributed by atoms with van der Waals surface area (Å²) >= 11 is 0. The largest absolute Gasteiger partial charge is 0.472 e. The third-order valence-electron chi connectivity index (χ3n) is 16.1. The van der Waals surface area contributed by atoms with E-state index in [9.17, 15) is 19.0 Å². The van der Waals surface area contributed by atoms with E-state index in [0.29, 0.717) is 17.4 Å². The highest BCUT2D eigenvalue weighted by molar-refractivity contribution is 7.47. The fourth-order valence-electron chi connectivity index (χ4n) is 10.5. The number of hydrogen-bond donors (Lipinski definition) is 2. The lowest BCUT2D eigenvalue weighted by Crippen LogP contribution is -2.47. The summed E-state index contributed by atoms with van der Waals surface area (Å²) in [6, 6.07) is -0.852. The molecule has 3 unspecified atom stereocenters. The fraction of sp³-hybridized carbons (Fsp3) is 0.813. The van der Waals surface area contributed by atoms with Crippen LogP contribution in [0.5, 0.6) is 0 Å². The molecule has 0 radical (unpaired) electrons. The second-order valence-corrected chi connectivity index (χ2v) is 27.2. The minimum Gasteiger partial charge on any atom is -0.456 e. The molecule has 0 rings (SSSR count). The van der Waals surface area contributed by atoms with Crippen molar-refractivity contribution in [1.82, 2.24) is 5.32 Å². The third-order valence-corrected chi connectivity index (χ3v) is 17.1. The van der Waals surface area contributed by atoms with Crippen molar-refractivity contribution >= 4 is 19.7 Å². The first-order valence-corrected chi connectivity index (χ1v) is 37.8. The second-order valence-electron chi connectivity index (χ2n) is 25.8. The Labute approximate surface area is 527 Å². The van der Waals surface area contributed by atoms with Crippen molar-refractivity contribution in [3.05, 3.63) is 72.9 Å². The van der Waals surface area contributed by atoms with Crippen LogP contribution in [0.2, 0.25) is 0 Å². The average Bonchev–Trinajstić information content (AvgIpc) is 3.59. The third kappa shape index (κ3) is 65.7. The summed E-state index contributed by atoms with van der Waals surface area (Å²) in [6.07, 6.45) is 84.9. The number of phosphoric ester groups is 1. The number of carbonyl (C=O) groups is 2. The molecule has 0 fully saturated rings. The monoisotopic (exact) mass is 1210 g/mol. The number of allylic oxidation sites excluding steroid dienone is 11. The summed E-state index contributed by atoms with van der Waals surface area (Å²) in [5.74, 6) is -0.500. The van der Waals surface area contributed by atoms with Crippen LogP contribution < -0.4 is 5.32 Å². The minimum atomic E-state index is -4.46. The Morgan fingerprint density at radius 1 is 0.412 bits per heavy atom. The molecule has 0 aromatic rings. The lowest BCUT2D eigenvalue weighted by molar-refractivity contribution is -0.870. The summed E-state index contributed by atoms with van der Waals surface area (Å²) < 4.78 is 30.8. The Morgan fingerprint density at radius 2 is 0.718 bits per heavy atom. The molecule has 0 aliphatic rings. The van der Waals surface area contributed by atoms with Gasteiger partial charge in [0.2, 0.25) is 5.91 Å². The zero-order valence-corrected chi connectivity index (χ0v) is 57.7. The van der Waals surface area contributed by atoms with E-state index in [0.717, 1.165) is 77.0 Å². The quantitative estimate of drug-likeness (QED) is 0.0205. The topological polar surface area (TPSA) is 111 Å². The maximum Gasteiger partial charge on any atom is 0.472 e. The Hall–Kier alpha value is -2.55. The van der Waals surface area contributed by atoms with Gasteiger partial charge >= 0.3 is 13.8 Å². The maximum atomic E-state index is 13.6. The van der Waals surface area contributed by atoms with Gasteiger partial charge in [0, 0.05) is 12.8 Å². The first kappa shape index (κ1) is 82.5. The van der Waals surface area contributed by atoms with Crippen molar-refractivity contribution in [1.29, 1.82) is 0 Å². The SMILES string of the molecule is CCCCC/C=C\C/C=C\C/C=C\C/C=C\CCCCCCCCCCCCCC(=O)OC(/C=C\CCCCCCCCCCC)C(COP(=O)(O)OCC[N+](C)(C)C)NC(=O)CCCCCCCCCCCCC/C=C/CCCCCCCC. The first-order valence-electron chi connectivity index (χ1n) is 36.3. The van der Waals surface area contributed by atoms with Gasteiger partial charge in [-0.1, -0.05) is 299 Å². The summed E-state index contributed by atoms with van der Waals surface area (Å²) in [5, 5.41) is 3.07. The van der Waals surface area contributed by atoms with Crippen LogP contribution in [0.4, 0.5) is 0 Å². The molecule has 85 heavy (non-hydrogen) atoms. The number of carbonyl (C=O) groups excluding carboxylic acids is 2. The normalized spacial score (nSPS) is 13.9. The summed E-state index contributed by atoms with van der Waals surface area (Å²) in [4.78, 5) is 37.9. The lowest BCUT2D eigenvalue weighted by Gasteiger charge is -2.27. The van der Waals surface area contributed by atoms with Crippen LogP contribution in [0.15, 0.2) is 72.9 Å². The highest BCUT2D eigenvalue weighted by atomic mass is 31.2. The second kappa shape index (κ2) is 64.4. The van der Waals surface area contributed by atoms with Crippen LogP contribution in [0.1, 0.15) is 342 Å². The molecular weight excluding hydrogens is 1070 g/mol. The molecule has 0 saturated carbocycles. The number of ether oxygens (including phenoxy) is 1. The van der Waals surface area contributed by atoms with Gasteiger partial charge in [-0.2, -0.15) is 0 Å². The maximum absolute atomic E-state index is 13.6. The number of phosphoric acid groups is 1. The zero-order chi connectivity index (χ0) is 62.1. The number of amides is 1. The number of quaternary nitrogens is 1.